The molecule has 4 nitrogen and oxygen atoms in total. The van der Waals surface area contributed by atoms with Crippen molar-refractivity contribution in [3.05, 3.63) is 16.1 Å². The molecule has 1 aromatic rings. The van der Waals surface area contributed by atoms with Crippen molar-refractivity contribution < 1.29 is 4.79 Å². The van der Waals surface area contributed by atoms with Gasteiger partial charge in [-0.2, -0.15) is 0 Å². The van der Waals surface area contributed by atoms with Gasteiger partial charge in [0.15, 0.2) is 0 Å². The Morgan fingerprint density at radius 3 is 3.11 bits per heavy atom. The molecule has 18 heavy (non-hydrogen) atoms. The van der Waals surface area contributed by atoms with Crippen LogP contribution in [0.5, 0.6) is 0 Å². The Balaban J connectivity index is 1.89. The fourth-order valence-corrected chi connectivity index (χ4v) is 3.00. The third-order valence-electron chi connectivity index (χ3n) is 3.28. The maximum atomic E-state index is 12.1. The third-order valence-corrected chi connectivity index (χ3v) is 4.60. The van der Waals surface area contributed by atoms with E-state index in [0.29, 0.717) is 0 Å². The molecule has 0 aromatic carbocycles. The Labute approximate surface area is 112 Å². The van der Waals surface area contributed by atoms with Gasteiger partial charge in [-0.05, 0) is 32.7 Å². The maximum absolute atomic E-state index is 12.1. The number of nitrogens with zero attached hydrogens (tertiary/aromatic N) is 1. The van der Waals surface area contributed by atoms with E-state index in [1.807, 2.05) is 13.1 Å². The van der Waals surface area contributed by atoms with Gasteiger partial charge in [-0.1, -0.05) is 13.3 Å². The van der Waals surface area contributed by atoms with Gasteiger partial charge in [0, 0.05) is 11.1 Å². The van der Waals surface area contributed by atoms with Crippen molar-refractivity contribution in [3.8, 4) is 0 Å². The van der Waals surface area contributed by atoms with Crippen LogP contribution in [0.4, 0.5) is 0 Å². The molecule has 0 aliphatic carbocycles. The molecule has 1 fully saturated rings. The smallest absolute Gasteiger partial charge is 0.237 e. The summed E-state index contributed by atoms with van der Waals surface area (Å²) in [6.07, 6.45) is 6.16. The zero-order valence-corrected chi connectivity index (χ0v) is 11.8. The summed E-state index contributed by atoms with van der Waals surface area (Å²) >= 11 is 1.68. The fraction of sp³-hybridized carbons (Fsp3) is 0.692. The van der Waals surface area contributed by atoms with E-state index in [9.17, 15) is 4.79 Å². The first kappa shape index (κ1) is 13.5. The molecular weight excluding hydrogens is 246 g/mol. The minimum atomic E-state index is -0.0215. The average molecular weight is 267 g/mol. The van der Waals surface area contributed by atoms with Gasteiger partial charge in [0.05, 0.1) is 12.1 Å². The molecule has 1 saturated heterocycles. The molecular formula is C13H21N3OS. The monoisotopic (exact) mass is 267 g/mol. The summed E-state index contributed by atoms with van der Waals surface area (Å²) < 4.78 is 0. The van der Waals surface area contributed by atoms with Crippen molar-refractivity contribution in [1.82, 2.24) is 15.6 Å². The molecule has 1 aromatic heterocycles. The van der Waals surface area contributed by atoms with Crippen molar-refractivity contribution in [2.24, 2.45) is 0 Å². The summed E-state index contributed by atoms with van der Waals surface area (Å²) in [6, 6.07) is -0.0154. The van der Waals surface area contributed by atoms with Crippen LogP contribution >= 0.6 is 11.3 Å². The van der Waals surface area contributed by atoms with Crippen LogP contribution in [0.1, 0.15) is 49.0 Å². The molecule has 0 saturated carbocycles. The van der Waals surface area contributed by atoms with E-state index in [1.54, 1.807) is 11.3 Å². The minimum Gasteiger partial charge on any atom is -0.346 e. The minimum absolute atomic E-state index is 0.00604. The van der Waals surface area contributed by atoms with Crippen LogP contribution in [0.15, 0.2) is 6.20 Å². The second-order valence-electron chi connectivity index (χ2n) is 4.75. The zero-order chi connectivity index (χ0) is 13.0. The Bertz CT molecular complexity index is 399. The van der Waals surface area contributed by atoms with Crippen LogP contribution < -0.4 is 10.6 Å². The summed E-state index contributed by atoms with van der Waals surface area (Å²) in [5, 5.41) is 7.31. The van der Waals surface area contributed by atoms with Gasteiger partial charge in [-0.3, -0.25) is 4.79 Å². The van der Waals surface area contributed by atoms with E-state index in [0.717, 1.165) is 30.8 Å². The molecule has 0 radical (unpaired) electrons. The first-order valence-electron chi connectivity index (χ1n) is 6.69. The molecule has 1 amide bonds. The van der Waals surface area contributed by atoms with Crippen molar-refractivity contribution in [2.75, 3.05) is 6.54 Å². The second kappa shape index (κ2) is 6.29. The summed E-state index contributed by atoms with van der Waals surface area (Å²) in [5.74, 6) is 0.107. The summed E-state index contributed by atoms with van der Waals surface area (Å²) in [7, 11) is 0. The molecule has 1 aliphatic heterocycles. The Hall–Kier alpha value is -0.940. The molecule has 0 unspecified atom stereocenters. The summed E-state index contributed by atoms with van der Waals surface area (Å²) in [5.41, 5.74) is 0. The predicted molar refractivity (Wildman–Crippen MR) is 73.7 cm³/mol. The number of carbonyl (C=O) groups excluding carboxylic acids is 1. The molecule has 0 bridgehead atoms. The highest BCUT2D eigenvalue weighted by atomic mass is 32.1. The summed E-state index contributed by atoms with van der Waals surface area (Å²) in [6.45, 7) is 5.06. The number of nitrogens with one attached hydrogen (secondary N) is 2. The van der Waals surface area contributed by atoms with E-state index in [4.69, 9.17) is 0 Å². The van der Waals surface area contributed by atoms with E-state index in [2.05, 4.69) is 22.5 Å². The highest BCUT2D eigenvalue weighted by Crippen LogP contribution is 2.20. The summed E-state index contributed by atoms with van der Waals surface area (Å²) in [4.78, 5) is 17.7. The molecule has 2 N–H and O–H groups in total. The van der Waals surface area contributed by atoms with E-state index in [-0.39, 0.29) is 18.0 Å². The Kier molecular flexibility index (Phi) is 4.72. The topological polar surface area (TPSA) is 54.0 Å². The van der Waals surface area contributed by atoms with Crippen molar-refractivity contribution in [1.29, 1.82) is 0 Å². The van der Waals surface area contributed by atoms with Gasteiger partial charge >= 0.3 is 0 Å². The number of carbonyl (C=O) groups is 1. The van der Waals surface area contributed by atoms with Gasteiger partial charge < -0.3 is 10.6 Å². The Morgan fingerprint density at radius 2 is 2.50 bits per heavy atom. The van der Waals surface area contributed by atoms with Crippen LogP contribution in [0.25, 0.3) is 0 Å². The quantitative estimate of drug-likeness (QED) is 0.877. The zero-order valence-electron chi connectivity index (χ0n) is 11.0. The van der Waals surface area contributed by atoms with E-state index in [1.165, 1.54) is 11.3 Å². The second-order valence-corrected chi connectivity index (χ2v) is 5.90. The van der Waals surface area contributed by atoms with E-state index < -0.39 is 0 Å². The normalized spacial score (nSPS) is 21.6. The van der Waals surface area contributed by atoms with Gasteiger partial charge in [-0.15, -0.1) is 11.3 Å². The third kappa shape index (κ3) is 3.29. The van der Waals surface area contributed by atoms with Crippen molar-refractivity contribution in [3.63, 3.8) is 0 Å². The molecule has 5 heteroatoms. The van der Waals surface area contributed by atoms with Gasteiger partial charge in [0.1, 0.15) is 5.01 Å². The van der Waals surface area contributed by atoms with Crippen LogP contribution in [-0.4, -0.2) is 23.5 Å². The van der Waals surface area contributed by atoms with Crippen LogP contribution in [-0.2, 0) is 11.2 Å². The number of hydrogen-bond donors (Lipinski definition) is 2. The van der Waals surface area contributed by atoms with Gasteiger partial charge in [-0.25, -0.2) is 4.98 Å². The lowest BCUT2D eigenvalue weighted by molar-refractivity contribution is -0.124. The van der Waals surface area contributed by atoms with Crippen molar-refractivity contribution in [2.45, 2.75) is 51.6 Å². The lowest BCUT2D eigenvalue weighted by atomic mass is 10.0. The number of rotatable bonds is 4. The SMILES string of the molecule is CCc1cnc([C@H](C)NC(=O)[C@@H]2CCCCN2)s1. The highest BCUT2D eigenvalue weighted by Gasteiger charge is 2.22. The molecule has 0 spiro atoms. The number of hydrogen-bond acceptors (Lipinski definition) is 4. The lowest BCUT2D eigenvalue weighted by Gasteiger charge is -2.24. The standard InChI is InChI=1S/C13H21N3OS/c1-3-10-8-15-13(18-10)9(2)16-12(17)11-6-4-5-7-14-11/h8-9,11,14H,3-7H2,1-2H3,(H,16,17)/t9-,11-/m0/s1. The molecule has 1 aliphatic rings. The number of aromatic nitrogens is 1. The largest absolute Gasteiger partial charge is 0.346 e. The van der Waals surface area contributed by atoms with Crippen LogP contribution in [0, 0.1) is 0 Å². The molecule has 100 valence electrons. The first-order chi connectivity index (χ1) is 8.70. The maximum Gasteiger partial charge on any atom is 0.237 e. The molecule has 2 heterocycles. The van der Waals surface area contributed by atoms with Crippen LogP contribution in [0.3, 0.4) is 0 Å². The molecule has 2 atom stereocenters. The van der Waals surface area contributed by atoms with Gasteiger partial charge in [0.2, 0.25) is 5.91 Å². The highest BCUT2D eigenvalue weighted by molar-refractivity contribution is 7.11. The lowest BCUT2D eigenvalue weighted by Crippen LogP contribution is -2.47. The van der Waals surface area contributed by atoms with Gasteiger partial charge in [0.25, 0.3) is 0 Å². The Morgan fingerprint density at radius 1 is 1.67 bits per heavy atom. The van der Waals surface area contributed by atoms with Crippen molar-refractivity contribution >= 4 is 17.2 Å². The predicted octanol–water partition coefficient (Wildman–Crippen LogP) is 2.02. The fourth-order valence-electron chi connectivity index (χ4n) is 2.14. The van der Waals surface area contributed by atoms with Crippen LogP contribution in [0.2, 0.25) is 0 Å². The van der Waals surface area contributed by atoms with E-state index >= 15 is 0 Å². The number of piperidine rings is 1. The first-order valence-corrected chi connectivity index (χ1v) is 7.50. The molecule has 2 rings (SSSR count). The number of aryl methyl sites for hydroxylation is 1. The number of thiazole rings is 1. The average Bonchev–Trinajstić information content (AvgIpc) is 2.88. The number of amides is 1.